The molecule has 5 atom stereocenters. The lowest BCUT2D eigenvalue weighted by Gasteiger charge is -2.58. The molecule has 0 aromatic carbocycles. The highest BCUT2D eigenvalue weighted by molar-refractivity contribution is 5.19. The van der Waals surface area contributed by atoms with Crippen molar-refractivity contribution < 1.29 is 10.2 Å². The van der Waals surface area contributed by atoms with Gasteiger partial charge in [0.1, 0.15) is 0 Å². The molecule has 0 aromatic heterocycles. The van der Waals surface area contributed by atoms with E-state index in [1.165, 1.54) is 5.57 Å². The third-order valence-electron chi connectivity index (χ3n) is 6.58. The summed E-state index contributed by atoms with van der Waals surface area (Å²) in [5.41, 5.74) is 0.926. The van der Waals surface area contributed by atoms with E-state index in [9.17, 15) is 10.2 Å². The lowest BCUT2D eigenvalue weighted by atomic mass is 9.47. The molecule has 1 saturated carbocycles. The van der Waals surface area contributed by atoms with Gasteiger partial charge < -0.3 is 10.2 Å². The van der Waals surface area contributed by atoms with Crippen LogP contribution < -0.4 is 0 Å². The van der Waals surface area contributed by atoms with Gasteiger partial charge in [-0.25, -0.2) is 0 Å². The van der Waals surface area contributed by atoms with Crippen molar-refractivity contribution in [3.63, 3.8) is 0 Å². The maximum absolute atomic E-state index is 10.4. The molecule has 0 aromatic rings. The van der Waals surface area contributed by atoms with Crippen LogP contribution in [0.5, 0.6) is 0 Å². The topological polar surface area (TPSA) is 40.5 Å². The number of aliphatic hydroxyl groups is 2. The van der Waals surface area contributed by atoms with E-state index in [1.54, 1.807) is 6.08 Å². The molecule has 0 bridgehead atoms. The van der Waals surface area contributed by atoms with Crippen LogP contribution in [-0.4, -0.2) is 21.9 Å². The van der Waals surface area contributed by atoms with Gasteiger partial charge in [0.25, 0.3) is 0 Å². The quantitative estimate of drug-likeness (QED) is 0.752. The Morgan fingerprint density at radius 3 is 2.59 bits per heavy atom. The molecule has 0 spiro atoms. The van der Waals surface area contributed by atoms with Gasteiger partial charge in [-0.2, -0.15) is 0 Å². The fourth-order valence-corrected chi connectivity index (χ4v) is 5.40. The first kappa shape index (κ1) is 17.7. The first-order valence-corrected chi connectivity index (χ1v) is 8.72. The Bertz CT molecular complexity index is 460. The first-order valence-electron chi connectivity index (χ1n) is 8.72. The zero-order valence-corrected chi connectivity index (χ0v) is 15.0. The number of aliphatic hydroxyl groups excluding tert-OH is 1. The lowest BCUT2D eigenvalue weighted by Crippen LogP contribution is -2.52. The van der Waals surface area contributed by atoms with Gasteiger partial charge in [-0.15, -0.1) is 6.58 Å². The van der Waals surface area contributed by atoms with Gasteiger partial charge in [-0.1, -0.05) is 38.5 Å². The summed E-state index contributed by atoms with van der Waals surface area (Å²) in [5, 5.41) is 20.7. The predicted molar refractivity (Wildman–Crippen MR) is 92.5 cm³/mol. The Hall–Kier alpha value is -0.600. The largest absolute Gasteiger partial charge is 0.393 e. The van der Waals surface area contributed by atoms with E-state index in [0.29, 0.717) is 11.8 Å². The van der Waals surface area contributed by atoms with Gasteiger partial charge in [0.15, 0.2) is 0 Å². The minimum absolute atomic E-state index is 0.122. The van der Waals surface area contributed by atoms with Gasteiger partial charge in [-0.3, -0.25) is 0 Å². The lowest BCUT2D eigenvalue weighted by molar-refractivity contribution is -0.0975. The average molecular weight is 306 g/mol. The highest BCUT2D eigenvalue weighted by atomic mass is 16.3. The molecular formula is C20H34O2. The molecular weight excluding hydrogens is 272 g/mol. The minimum Gasteiger partial charge on any atom is -0.393 e. The molecule has 1 fully saturated rings. The third-order valence-corrected chi connectivity index (χ3v) is 6.58. The van der Waals surface area contributed by atoms with Crippen LogP contribution in [0.2, 0.25) is 0 Å². The van der Waals surface area contributed by atoms with Crippen molar-refractivity contribution in [2.45, 2.75) is 78.4 Å². The summed E-state index contributed by atoms with van der Waals surface area (Å²) in [5.74, 6) is 1.04. The van der Waals surface area contributed by atoms with E-state index < -0.39 is 5.60 Å². The maximum atomic E-state index is 10.4. The zero-order valence-electron chi connectivity index (χ0n) is 15.0. The van der Waals surface area contributed by atoms with Crippen LogP contribution in [0.4, 0.5) is 0 Å². The fourth-order valence-electron chi connectivity index (χ4n) is 5.40. The van der Waals surface area contributed by atoms with Crippen molar-refractivity contribution in [1.29, 1.82) is 0 Å². The number of rotatable bonds is 4. The van der Waals surface area contributed by atoms with Crippen LogP contribution in [0.25, 0.3) is 0 Å². The molecule has 0 radical (unpaired) electrons. The van der Waals surface area contributed by atoms with E-state index in [2.05, 4.69) is 40.3 Å². The Morgan fingerprint density at radius 2 is 2.00 bits per heavy atom. The van der Waals surface area contributed by atoms with Crippen LogP contribution >= 0.6 is 0 Å². The third kappa shape index (κ3) is 3.19. The van der Waals surface area contributed by atoms with Crippen LogP contribution in [-0.2, 0) is 0 Å². The average Bonchev–Trinajstić information content (AvgIpc) is 2.35. The zero-order chi connectivity index (χ0) is 16.8. The number of hydrogen-bond donors (Lipinski definition) is 2. The number of fused-ring (bicyclic) bond motifs is 1. The molecule has 2 rings (SSSR count). The Balaban J connectivity index is 2.29. The van der Waals surface area contributed by atoms with E-state index in [1.807, 2.05) is 6.92 Å². The molecule has 2 heteroatoms. The second kappa shape index (κ2) is 5.79. The van der Waals surface area contributed by atoms with Crippen molar-refractivity contribution in [3.05, 3.63) is 24.3 Å². The van der Waals surface area contributed by atoms with Gasteiger partial charge in [0.05, 0.1) is 11.7 Å². The van der Waals surface area contributed by atoms with Crippen molar-refractivity contribution in [2.75, 3.05) is 0 Å². The molecule has 0 unspecified atom stereocenters. The van der Waals surface area contributed by atoms with Gasteiger partial charge in [0.2, 0.25) is 0 Å². The number of hydrogen-bond acceptors (Lipinski definition) is 2. The maximum Gasteiger partial charge on any atom is 0.0797 e. The second-order valence-electron chi connectivity index (χ2n) is 8.95. The minimum atomic E-state index is -0.799. The molecule has 22 heavy (non-hydrogen) atoms. The van der Waals surface area contributed by atoms with Crippen LogP contribution in [0.3, 0.4) is 0 Å². The monoisotopic (exact) mass is 306 g/mol. The summed E-state index contributed by atoms with van der Waals surface area (Å²) >= 11 is 0. The van der Waals surface area contributed by atoms with Crippen molar-refractivity contribution in [2.24, 2.45) is 22.7 Å². The SMILES string of the molecule is C=C[C@@](C)(O)CC[C@@H]1C(C)=CC[C@@H]2C(C)(C)C[C@@H](O)C[C@@]12C. The van der Waals surface area contributed by atoms with Crippen LogP contribution in [0.1, 0.15) is 66.7 Å². The first-order chi connectivity index (χ1) is 10.0. The Kier molecular flexibility index (Phi) is 4.68. The summed E-state index contributed by atoms with van der Waals surface area (Å²) < 4.78 is 0. The Morgan fingerprint density at radius 1 is 1.36 bits per heavy atom. The summed E-state index contributed by atoms with van der Waals surface area (Å²) in [4.78, 5) is 0. The molecule has 0 heterocycles. The summed E-state index contributed by atoms with van der Waals surface area (Å²) in [6, 6.07) is 0. The Labute approximate surface area is 136 Å². The second-order valence-corrected chi connectivity index (χ2v) is 8.95. The molecule has 2 N–H and O–H groups in total. The predicted octanol–water partition coefficient (Wildman–Crippen LogP) is 4.47. The summed E-state index contributed by atoms with van der Waals surface area (Å²) in [6.07, 6.45) is 8.43. The molecule has 2 aliphatic carbocycles. The van der Waals surface area contributed by atoms with Gasteiger partial charge >= 0.3 is 0 Å². The van der Waals surface area contributed by atoms with E-state index in [4.69, 9.17) is 0 Å². The molecule has 0 amide bonds. The van der Waals surface area contributed by atoms with E-state index in [0.717, 1.165) is 32.1 Å². The highest BCUT2D eigenvalue weighted by Crippen LogP contribution is 2.60. The molecule has 0 saturated heterocycles. The fraction of sp³-hybridized carbons (Fsp3) is 0.800. The molecule has 2 nitrogen and oxygen atoms in total. The highest BCUT2D eigenvalue weighted by Gasteiger charge is 2.54. The van der Waals surface area contributed by atoms with Crippen molar-refractivity contribution >= 4 is 0 Å². The molecule has 0 aliphatic heterocycles. The molecule has 126 valence electrons. The standard InChI is InChI=1S/C20H34O2/c1-7-19(5,22)11-10-16-14(2)8-9-17-18(3,4)12-15(21)13-20(16,17)6/h7-8,15-17,21-22H,1,9-13H2,2-6H3/t15-,16-,17-,19-,20+/m1/s1. The number of allylic oxidation sites excluding steroid dienone is 2. The summed E-state index contributed by atoms with van der Waals surface area (Å²) in [7, 11) is 0. The van der Waals surface area contributed by atoms with Crippen LogP contribution in [0.15, 0.2) is 24.3 Å². The van der Waals surface area contributed by atoms with Crippen molar-refractivity contribution in [3.8, 4) is 0 Å². The van der Waals surface area contributed by atoms with Crippen LogP contribution in [0, 0.1) is 22.7 Å². The van der Waals surface area contributed by atoms with Crippen molar-refractivity contribution in [1.82, 2.24) is 0 Å². The molecule has 2 aliphatic rings. The smallest absolute Gasteiger partial charge is 0.0797 e. The van der Waals surface area contributed by atoms with E-state index >= 15 is 0 Å². The van der Waals surface area contributed by atoms with E-state index in [-0.39, 0.29) is 16.9 Å². The normalized spacial score (nSPS) is 40.3. The summed E-state index contributed by atoms with van der Waals surface area (Å²) in [6.45, 7) is 14.8. The van der Waals surface area contributed by atoms with Gasteiger partial charge in [0, 0.05) is 0 Å². The van der Waals surface area contributed by atoms with Gasteiger partial charge in [-0.05, 0) is 68.6 Å².